The van der Waals surface area contributed by atoms with E-state index in [1.54, 1.807) is 11.9 Å². The van der Waals surface area contributed by atoms with Crippen LogP contribution in [-0.4, -0.2) is 28.9 Å². The number of benzene rings is 1. The SMILES string of the molecule is CC(C)c1ccc(C2C(C(=O)O)CCCC(=O)N2C)cc1. The highest BCUT2D eigenvalue weighted by Gasteiger charge is 2.36. The number of carbonyl (C=O) groups is 2. The lowest BCUT2D eigenvalue weighted by Crippen LogP contribution is -2.36. The fourth-order valence-corrected chi connectivity index (χ4v) is 3.02. The van der Waals surface area contributed by atoms with Gasteiger partial charge in [0, 0.05) is 13.5 Å². The quantitative estimate of drug-likeness (QED) is 0.929. The smallest absolute Gasteiger partial charge is 0.308 e. The molecule has 1 aliphatic heterocycles. The van der Waals surface area contributed by atoms with Gasteiger partial charge in [0.05, 0.1) is 12.0 Å². The summed E-state index contributed by atoms with van der Waals surface area (Å²) in [5.74, 6) is -0.902. The van der Waals surface area contributed by atoms with E-state index >= 15 is 0 Å². The molecule has 4 nitrogen and oxygen atoms in total. The number of carboxylic acid groups (broad SMARTS) is 1. The summed E-state index contributed by atoms with van der Waals surface area (Å²) in [5.41, 5.74) is 2.12. The zero-order valence-corrected chi connectivity index (χ0v) is 12.9. The number of hydrogen-bond donors (Lipinski definition) is 1. The Hall–Kier alpha value is -1.84. The molecule has 2 unspecified atom stereocenters. The van der Waals surface area contributed by atoms with Crippen molar-refractivity contribution in [3.05, 3.63) is 35.4 Å². The molecule has 21 heavy (non-hydrogen) atoms. The highest BCUT2D eigenvalue weighted by molar-refractivity contribution is 5.79. The minimum absolute atomic E-state index is 0.0247. The van der Waals surface area contributed by atoms with Crippen LogP contribution in [0.15, 0.2) is 24.3 Å². The maximum Gasteiger partial charge on any atom is 0.308 e. The second-order valence-electron chi connectivity index (χ2n) is 6.11. The van der Waals surface area contributed by atoms with Gasteiger partial charge in [-0.05, 0) is 29.9 Å². The predicted molar refractivity (Wildman–Crippen MR) is 81.0 cm³/mol. The molecule has 0 spiro atoms. The summed E-state index contributed by atoms with van der Waals surface area (Å²) < 4.78 is 0. The number of nitrogens with zero attached hydrogens (tertiary/aromatic N) is 1. The molecule has 1 fully saturated rings. The molecule has 114 valence electrons. The molecular formula is C17H23NO3. The molecule has 1 N–H and O–H groups in total. The maximum atomic E-state index is 12.1. The van der Waals surface area contributed by atoms with Crippen molar-refractivity contribution in [1.29, 1.82) is 0 Å². The van der Waals surface area contributed by atoms with Crippen molar-refractivity contribution < 1.29 is 14.7 Å². The van der Waals surface area contributed by atoms with Gasteiger partial charge in [-0.2, -0.15) is 0 Å². The average Bonchev–Trinajstić information content (AvgIpc) is 2.59. The second-order valence-corrected chi connectivity index (χ2v) is 6.11. The first-order valence-corrected chi connectivity index (χ1v) is 7.50. The molecule has 0 radical (unpaired) electrons. The topological polar surface area (TPSA) is 57.6 Å². The van der Waals surface area contributed by atoms with E-state index < -0.39 is 11.9 Å². The molecule has 0 aliphatic carbocycles. The first kappa shape index (κ1) is 15.5. The number of rotatable bonds is 3. The Morgan fingerprint density at radius 1 is 1.29 bits per heavy atom. The fourth-order valence-electron chi connectivity index (χ4n) is 3.02. The number of amides is 1. The summed E-state index contributed by atoms with van der Waals surface area (Å²) in [6.07, 6.45) is 1.61. The van der Waals surface area contributed by atoms with Crippen molar-refractivity contribution in [2.75, 3.05) is 7.05 Å². The zero-order valence-electron chi connectivity index (χ0n) is 12.9. The molecular weight excluding hydrogens is 266 g/mol. The third kappa shape index (κ3) is 3.26. The number of carboxylic acids is 1. The van der Waals surface area contributed by atoms with Crippen LogP contribution in [0.2, 0.25) is 0 Å². The lowest BCUT2D eigenvalue weighted by molar-refractivity contribution is -0.145. The van der Waals surface area contributed by atoms with Crippen LogP contribution in [0.25, 0.3) is 0 Å². The average molecular weight is 289 g/mol. The second kappa shape index (κ2) is 6.29. The van der Waals surface area contributed by atoms with Gasteiger partial charge in [0.1, 0.15) is 0 Å². The van der Waals surface area contributed by atoms with E-state index in [2.05, 4.69) is 13.8 Å². The number of aliphatic carboxylic acids is 1. The Labute approximate surface area is 125 Å². The van der Waals surface area contributed by atoms with Gasteiger partial charge in [-0.25, -0.2) is 0 Å². The van der Waals surface area contributed by atoms with Crippen molar-refractivity contribution in [2.45, 2.75) is 45.1 Å². The van der Waals surface area contributed by atoms with Crippen LogP contribution in [0.4, 0.5) is 0 Å². The molecule has 1 saturated heterocycles. The van der Waals surface area contributed by atoms with Crippen LogP contribution in [-0.2, 0) is 9.59 Å². The van der Waals surface area contributed by atoms with Crippen LogP contribution >= 0.6 is 0 Å². The van der Waals surface area contributed by atoms with Crippen LogP contribution in [0, 0.1) is 5.92 Å². The van der Waals surface area contributed by atoms with E-state index in [9.17, 15) is 14.7 Å². The maximum absolute atomic E-state index is 12.1. The van der Waals surface area contributed by atoms with Gasteiger partial charge in [-0.1, -0.05) is 38.1 Å². The van der Waals surface area contributed by atoms with Crippen molar-refractivity contribution in [3.8, 4) is 0 Å². The van der Waals surface area contributed by atoms with Crippen molar-refractivity contribution in [2.24, 2.45) is 5.92 Å². The van der Waals surface area contributed by atoms with Gasteiger partial charge in [0.2, 0.25) is 5.91 Å². The molecule has 0 saturated carbocycles. The van der Waals surface area contributed by atoms with E-state index in [1.165, 1.54) is 5.56 Å². The molecule has 1 aliphatic rings. The van der Waals surface area contributed by atoms with E-state index in [4.69, 9.17) is 0 Å². The van der Waals surface area contributed by atoms with Crippen LogP contribution in [0.5, 0.6) is 0 Å². The summed E-state index contributed by atoms with van der Waals surface area (Å²) in [7, 11) is 1.71. The van der Waals surface area contributed by atoms with Gasteiger partial charge in [-0.3, -0.25) is 9.59 Å². The molecule has 2 atom stereocenters. The molecule has 1 amide bonds. The van der Waals surface area contributed by atoms with Crippen LogP contribution in [0.1, 0.15) is 56.2 Å². The van der Waals surface area contributed by atoms with Gasteiger partial charge >= 0.3 is 5.97 Å². The predicted octanol–water partition coefficient (Wildman–Crippen LogP) is 3.19. The van der Waals surface area contributed by atoms with E-state index in [-0.39, 0.29) is 11.9 Å². The molecule has 1 aromatic rings. The lowest BCUT2D eigenvalue weighted by atomic mass is 9.88. The summed E-state index contributed by atoms with van der Waals surface area (Å²) in [6, 6.07) is 7.61. The Kier molecular flexibility index (Phi) is 4.66. The van der Waals surface area contributed by atoms with Crippen molar-refractivity contribution in [3.63, 3.8) is 0 Å². The summed E-state index contributed by atoms with van der Waals surface area (Å²) >= 11 is 0. The molecule has 1 aromatic carbocycles. The minimum Gasteiger partial charge on any atom is -0.481 e. The van der Waals surface area contributed by atoms with Crippen LogP contribution < -0.4 is 0 Å². The molecule has 0 aromatic heterocycles. The Bertz CT molecular complexity index is 521. The summed E-state index contributed by atoms with van der Waals surface area (Å²) in [4.78, 5) is 25.3. The Balaban J connectivity index is 2.38. The highest BCUT2D eigenvalue weighted by Crippen LogP contribution is 2.35. The van der Waals surface area contributed by atoms with Gasteiger partial charge in [0.15, 0.2) is 0 Å². The molecule has 2 rings (SSSR count). The third-order valence-electron chi connectivity index (χ3n) is 4.36. The standard InChI is InChI=1S/C17H23NO3/c1-11(2)12-7-9-13(10-8-12)16-14(17(20)21)5-4-6-15(19)18(16)3/h7-11,14,16H,4-6H2,1-3H3,(H,20,21). The number of carbonyl (C=O) groups excluding carboxylic acids is 1. The largest absolute Gasteiger partial charge is 0.481 e. The van der Waals surface area contributed by atoms with Crippen molar-refractivity contribution >= 4 is 11.9 Å². The number of likely N-dealkylation sites (tertiary alicyclic amines) is 1. The Morgan fingerprint density at radius 3 is 2.43 bits per heavy atom. The normalized spacial score (nSPS) is 23.2. The monoisotopic (exact) mass is 289 g/mol. The first-order valence-electron chi connectivity index (χ1n) is 7.50. The van der Waals surface area contributed by atoms with Gasteiger partial charge in [-0.15, -0.1) is 0 Å². The summed E-state index contributed by atoms with van der Waals surface area (Å²) in [6.45, 7) is 4.24. The molecule has 0 bridgehead atoms. The fraction of sp³-hybridized carbons (Fsp3) is 0.529. The van der Waals surface area contributed by atoms with E-state index in [0.29, 0.717) is 25.2 Å². The first-order chi connectivity index (χ1) is 9.91. The minimum atomic E-state index is -0.825. The van der Waals surface area contributed by atoms with Crippen molar-refractivity contribution in [1.82, 2.24) is 4.90 Å². The summed E-state index contributed by atoms with van der Waals surface area (Å²) in [5, 5.41) is 9.50. The van der Waals surface area contributed by atoms with Crippen LogP contribution in [0.3, 0.4) is 0 Å². The Morgan fingerprint density at radius 2 is 1.90 bits per heavy atom. The van der Waals surface area contributed by atoms with E-state index in [0.717, 1.165) is 5.56 Å². The van der Waals surface area contributed by atoms with E-state index in [1.807, 2.05) is 24.3 Å². The number of hydrogen-bond acceptors (Lipinski definition) is 2. The highest BCUT2D eigenvalue weighted by atomic mass is 16.4. The molecule has 1 heterocycles. The lowest BCUT2D eigenvalue weighted by Gasteiger charge is -2.31. The van der Waals surface area contributed by atoms with Gasteiger partial charge in [0.25, 0.3) is 0 Å². The molecule has 4 heteroatoms. The zero-order chi connectivity index (χ0) is 15.6. The third-order valence-corrected chi connectivity index (χ3v) is 4.36. The van der Waals surface area contributed by atoms with Gasteiger partial charge < -0.3 is 10.0 Å².